The maximum atomic E-state index is 11.9. The van der Waals surface area contributed by atoms with Crippen LogP contribution < -0.4 is 10.5 Å². The second kappa shape index (κ2) is 3.88. The number of ether oxygens (including phenoxy) is 1. The lowest BCUT2D eigenvalue weighted by Crippen LogP contribution is -2.17. The predicted molar refractivity (Wildman–Crippen MR) is 45.8 cm³/mol. The third kappa shape index (κ3) is 2.92. The minimum atomic E-state index is -4.64. The van der Waals surface area contributed by atoms with Crippen LogP contribution in [-0.4, -0.2) is 6.36 Å². The lowest BCUT2D eigenvalue weighted by molar-refractivity contribution is -0.274. The molecule has 1 rings (SSSR count). The Balaban J connectivity index is 2.89. The molecule has 0 radical (unpaired) electrons. The predicted octanol–water partition coefficient (Wildman–Crippen LogP) is 2.35. The molecular weight excluding hydrogens is 195 g/mol. The van der Waals surface area contributed by atoms with Crippen LogP contribution in [0.5, 0.6) is 5.75 Å². The van der Waals surface area contributed by atoms with Gasteiger partial charge in [0.15, 0.2) is 0 Å². The van der Waals surface area contributed by atoms with Crippen LogP contribution in [0, 0.1) is 6.92 Å². The average molecular weight is 205 g/mol. The Morgan fingerprint density at radius 1 is 1.36 bits per heavy atom. The first-order chi connectivity index (χ1) is 6.42. The van der Waals surface area contributed by atoms with Gasteiger partial charge in [-0.2, -0.15) is 0 Å². The lowest BCUT2D eigenvalue weighted by atomic mass is 10.1. The first kappa shape index (κ1) is 10.8. The molecule has 0 bridgehead atoms. The van der Waals surface area contributed by atoms with Crippen LogP contribution in [0.3, 0.4) is 0 Å². The summed E-state index contributed by atoms with van der Waals surface area (Å²) < 4.78 is 39.4. The van der Waals surface area contributed by atoms with Gasteiger partial charge in [0.2, 0.25) is 0 Å². The quantitative estimate of drug-likeness (QED) is 0.804. The van der Waals surface area contributed by atoms with E-state index in [0.717, 1.165) is 5.56 Å². The molecule has 2 N–H and O–H groups in total. The van der Waals surface area contributed by atoms with Crippen molar-refractivity contribution >= 4 is 0 Å². The average Bonchev–Trinajstić information content (AvgIpc) is 2.06. The van der Waals surface area contributed by atoms with E-state index in [-0.39, 0.29) is 5.75 Å². The van der Waals surface area contributed by atoms with Crippen molar-refractivity contribution in [2.24, 2.45) is 5.73 Å². The zero-order valence-electron chi connectivity index (χ0n) is 7.56. The van der Waals surface area contributed by atoms with Gasteiger partial charge in [-0.15, -0.1) is 13.2 Å². The number of nitrogens with two attached hydrogens (primary N) is 1. The fourth-order valence-electron chi connectivity index (χ4n) is 1.08. The molecule has 2 nitrogen and oxygen atoms in total. The van der Waals surface area contributed by atoms with Crippen LogP contribution >= 0.6 is 0 Å². The van der Waals surface area contributed by atoms with Crippen molar-refractivity contribution in [1.29, 1.82) is 0 Å². The summed E-state index contributed by atoms with van der Waals surface area (Å²) in [7, 11) is 0. The van der Waals surface area contributed by atoms with E-state index in [2.05, 4.69) is 4.74 Å². The Hall–Kier alpha value is -1.23. The fourth-order valence-corrected chi connectivity index (χ4v) is 1.08. The molecule has 0 saturated carbocycles. The summed E-state index contributed by atoms with van der Waals surface area (Å²) in [5, 5.41) is 0. The van der Waals surface area contributed by atoms with E-state index in [1.807, 2.05) is 0 Å². The summed E-state index contributed by atoms with van der Waals surface area (Å²) in [4.78, 5) is 0. The third-order valence-corrected chi connectivity index (χ3v) is 1.70. The van der Waals surface area contributed by atoms with Crippen molar-refractivity contribution in [2.75, 3.05) is 0 Å². The number of hydrogen-bond donors (Lipinski definition) is 1. The summed E-state index contributed by atoms with van der Waals surface area (Å²) >= 11 is 0. The van der Waals surface area contributed by atoms with Crippen LogP contribution in [0.25, 0.3) is 0 Å². The smallest absolute Gasteiger partial charge is 0.406 e. The highest BCUT2D eigenvalue weighted by Gasteiger charge is 2.31. The zero-order valence-corrected chi connectivity index (χ0v) is 7.56. The monoisotopic (exact) mass is 205 g/mol. The number of alkyl halides is 3. The molecule has 0 aliphatic heterocycles. The maximum absolute atomic E-state index is 11.9. The Morgan fingerprint density at radius 2 is 2.00 bits per heavy atom. The number of benzene rings is 1. The van der Waals surface area contributed by atoms with Crippen LogP contribution in [-0.2, 0) is 6.54 Å². The number of hydrogen-bond acceptors (Lipinski definition) is 2. The van der Waals surface area contributed by atoms with Crippen molar-refractivity contribution in [3.8, 4) is 5.75 Å². The third-order valence-electron chi connectivity index (χ3n) is 1.70. The molecule has 0 spiro atoms. The van der Waals surface area contributed by atoms with Gasteiger partial charge < -0.3 is 10.5 Å². The number of aryl methyl sites for hydroxylation is 1. The molecule has 14 heavy (non-hydrogen) atoms. The molecule has 0 fully saturated rings. The van der Waals surface area contributed by atoms with E-state index in [1.54, 1.807) is 13.0 Å². The molecule has 0 aliphatic rings. The first-order valence-electron chi connectivity index (χ1n) is 3.98. The van der Waals surface area contributed by atoms with Gasteiger partial charge in [0.05, 0.1) is 0 Å². The van der Waals surface area contributed by atoms with Crippen LogP contribution in [0.15, 0.2) is 18.2 Å². The van der Waals surface area contributed by atoms with Gasteiger partial charge in [0, 0.05) is 6.54 Å². The Bertz CT molecular complexity index is 322. The largest absolute Gasteiger partial charge is 0.573 e. The lowest BCUT2D eigenvalue weighted by Gasteiger charge is -2.11. The molecule has 0 heterocycles. The van der Waals surface area contributed by atoms with Crippen molar-refractivity contribution in [1.82, 2.24) is 0 Å². The van der Waals surface area contributed by atoms with Gasteiger partial charge in [-0.05, 0) is 24.1 Å². The fraction of sp³-hybridized carbons (Fsp3) is 0.333. The summed E-state index contributed by atoms with van der Waals surface area (Å²) in [6.07, 6.45) is -4.64. The van der Waals surface area contributed by atoms with Gasteiger partial charge in [0.1, 0.15) is 5.75 Å². The SMILES string of the molecule is Cc1cc(CN)ccc1OC(F)(F)F. The molecule has 1 aromatic carbocycles. The molecule has 0 atom stereocenters. The van der Waals surface area contributed by atoms with Crippen LogP contribution in [0.2, 0.25) is 0 Å². The highest BCUT2D eigenvalue weighted by molar-refractivity contribution is 5.36. The van der Waals surface area contributed by atoms with E-state index < -0.39 is 6.36 Å². The molecule has 1 aromatic rings. The summed E-state index contributed by atoms with van der Waals surface area (Å²) in [6.45, 7) is 1.84. The normalized spacial score (nSPS) is 11.5. The van der Waals surface area contributed by atoms with Gasteiger partial charge in [0.25, 0.3) is 0 Å². The first-order valence-corrected chi connectivity index (χ1v) is 3.98. The van der Waals surface area contributed by atoms with Gasteiger partial charge in [-0.3, -0.25) is 0 Å². The standard InChI is InChI=1S/C9H10F3NO/c1-6-4-7(5-13)2-3-8(6)14-9(10,11)12/h2-4H,5,13H2,1H3. The zero-order chi connectivity index (χ0) is 10.8. The number of rotatable bonds is 2. The van der Waals surface area contributed by atoms with Gasteiger partial charge >= 0.3 is 6.36 Å². The molecule has 78 valence electrons. The summed E-state index contributed by atoms with van der Waals surface area (Å²) in [6, 6.07) is 4.35. The molecule has 0 aliphatic carbocycles. The number of halogens is 3. The van der Waals surface area contributed by atoms with Crippen LogP contribution in [0.4, 0.5) is 13.2 Å². The molecule has 5 heteroatoms. The van der Waals surface area contributed by atoms with E-state index >= 15 is 0 Å². The van der Waals surface area contributed by atoms with E-state index in [4.69, 9.17) is 5.73 Å². The molecule has 0 saturated heterocycles. The highest BCUT2D eigenvalue weighted by Crippen LogP contribution is 2.26. The van der Waals surface area contributed by atoms with E-state index in [0.29, 0.717) is 12.1 Å². The van der Waals surface area contributed by atoms with Crippen molar-refractivity contribution in [3.05, 3.63) is 29.3 Å². The van der Waals surface area contributed by atoms with E-state index in [1.165, 1.54) is 12.1 Å². The highest BCUT2D eigenvalue weighted by atomic mass is 19.4. The van der Waals surface area contributed by atoms with Crippen LogP contribution in [0.1, 0.15) is 11.1 Å². The van der Waals surface area contributed by atoms with Crippen molar-refractivity contribution in [3.63, 3.8) is 0 Å². The summed E-state index contributed by atoms with van der Waals surface area (Å²) in [5.41, 5.74) is 6.53. The van der Waals surface area contributed by atoms with Crippen molar-refractivity contribution in [2.45, 2.75) is 19.8 Å². The molecule has 0 amide bonds. The Labute approximate surface area is 79.5 Å². The Kier molecular flexibility index (Phi) is 3.00. The topological polar surface area (TPSA) is 35.2 Å². The van der Waals surface area contributed by atoms with Gasteiger partial charge in [-0.1, -0.05) is 12.1 Å². The summed E-state index contributed by atoms with van der Waals surface area (Å²) in [5.74, 6) is -0.185. The minimum absolute atomic E-state index is 0.185. The molecular formula is C9H10F3NO. The molecule has 0 unspecified atom stereocenters. The van der Waals surface area contributed by atoms with Gasteiger partial charge in [-0.25, -0.2) is 0 Å². The second-order valence-corrected chi connectivity index (χ2v) is 2.85. The van der Waals surface area contributed by atoms with E-state index in [9.17, 15) is 13.2 Å². The Morgan fingerprint density at radius 3 is 2.43 bits per heavy atom. The second-order valence-electron chi connectivity index (χ2n) is 2.85. The minimum Gasteiger partial charge on any atom is -0.406 e. The maximum Gasteiger partial charge on any atom is 0.573 e. The molecule has 0 aromatic heterocycles. The van der Waals surface area contributed by atoms with Crippen molar-refractivity contribution < 1.29 is 17.9 Å².